The van der Waals surface area contributed by atoms with Gasteiger partial charge < -0.3 is 5.32 Å². The minimum atomic E-state index is -0.265. The van der Waals surface area contributed by atoms with Crippen LogP contribution in [0.4, 0.5) is 0 Å². The summed E-state index contributed by atoms with van der Waals surface area (Å²) in [5.41, 5.74) is 0. The van der Waals surface area contributed by atoms with Gasteiger partial charge in [0, 0.05) is 19.6 Å². The molecule has 1 N–H and O–H groups in total. The molecule has 1 rings (SSSR count). The quantitative estimate of drug-likeness (QED) is 0.446. The highest BCUT2D eigenvalue weighted by Crippen LogP contribution is 1.98. The summed E-state index contributed by atoms with van der Waals surface area (Å²) in [6.45, 7) is 2.05. The van der Waals surface area contributed by atoms with Crippen LogP contribution in [0.1, 0.15) is 0 Å². The first-order chi connectivity index (χ1) is 4.88. The molecule has 0 aliphatic carbocycles. The maximum atomic E-state index is 8.51. The van der Waals surface area contributed by atoms with Gasteiger partial charge in [0.25, 0.3) is 0 Å². The van der Waals surface area contributed by atoms with Crippen molar-refractivity contribution in [3.8, 4) is 12.3 Å². The first kappa shape index (κ1) is 6.85. The first-order valence-electron chi connectivity index (χ1n) is 3.15. The summed E-state index contributed by atoms with van der Waals surface area (Å²) >= 11 is 0. The number of piperazine rings is 1. The Hall–Kier alpha value is -1.26. The third-order valence-corrected chi connectivity index (χ3v) is 1.52. The van der Waals surface area contributed by atoms with Crippen molar-refractivity contribution in [2.24, 2.45) is 0 Å². The van der Waals surface area contributed by atoms with Crippen LogP contribution in [0.2, 0.25) is 0 Å². The van der Waals surface area contributed by atoms with Gasteiger partial charge in [0.1, 0.15) is 6.04 Å². The van der Waals surface area contributed by atoms with Gasteiger partial charge in [-0.15, -0.1) is 0 Å². The molecule has 0 bridgehead atoms. The van der Waals surface area contributed by atoms with E-state index in [1.54, 1.807) is 0 Å². The Morgan fingerprint density at radius 3 is 2.80 bits per heavy atom. The van der Waals surface area contributed by atoms with E-state index in [-0.39, 0.29) is 6.04 Å². The average molecular weight is 136 g/mol. The number of nitriles is 2. The van der Waals surface area contributed by atoms with Crippen molar-refractivity contribution in [1.29, 1.82) is 10.5 Å². The maximum Gasteiger partial charge on any atom is 0.180 e. The lowest BCUT2D eigenvalue weighted by Gasteiger charge is -2.26. The molecule has 0 radical (unpaired) electrons. The van der Waals surface area contributed by atoms with E-state index in [9.17, 15) is 0 Å². The molecule has 0 aromatic carbocycles. The summed E-state index contributed by atoms with van der Waals surface area (Å²) in [5, 5.41) is 20.0. The summed E-state index contributed by atoms with van der Waals surface area (Å²) in [6, 6.07) is 1.78. The predicted molar refractivity (Wildman–Crippen MR) is 34.6 cm³/mol. The Balaban J connectivity index is 2.54. The summed E-state index contributed by atoms with van der Waals surface area (Å²) in [4.78, 5) is 1.50. The van der Waals surface area contributed by atoms with Crippen LogP contribution in [0.25, 0.3) is 0 Å². The molecule has 1 aliphatic rings. The van der Waals surface area contributed by atoms with Crippen LogP contribution < -0.4 is 5.32 Å². The molecular weight excluding hydrogens is 128 g/mol. The molecule has 4 nitrogen and oxygen atoms in total. The zero-order valence-corrected chi connectivity index (χ0v) is 5.54. The minimum Gasteiger partial charge on any atom is -0.312 e. The lowest BCUT2D eigenvalue weighted by atomic mass is 10.2. The van der Waals surface area contributed by atoms with E-state index in [4.69, 9.17) is 10.5 Å². The smallest absolute Gasteiger partial charge is 0.180 e. The summed E-state index contributed by atoms with van der Waals surface area (Å²) in [7, 11) is 0. The highest BCUT2D eigenvalue weighted by Gasteiger charge is 2.19. The zero-order valence-electron chi connectivity index (χ0n) is 5.54. The van der Waals surface area contributed by atoms with Crippen molar-refractivity contribution in [1.82, 2.24) is 10.2 Å². The molecule has 10 heavy (non-hydrogen) atoms. The van der Waals surface area contributed by atoms with Crippen molar-refractivity contribution in [2.45, 2.75) is 6.04 Å². The molecule has 1 fully saturated rings. The maximum absolute atomic E-state index is 8.51. The average Bonchev–Trinajstić information content (AvgIpc) is 2.04. The zero-order chi connectivity index (χ0) is 7.40. The van der Waals surface area contributed by atoms with E-state index < -0.39 is 0 Å². The van der Waals surface area contributed by atoms with E-state index >= 15 is 0 Å². The normalized spacial score (nSPS) is 25.0. The second-order valence-corrected chi connectivity index (χ2v) is 2.14. The Labute approximate surface area is 59.7 Å². The molecule has 1 atom stereocenters. The summed E-state index contributed by atoms with van der Waals surface area (Å²) in [5.74, 6) is 0. The van der Waals surface area contributed by atoms with E-state index in [1.807, 2.05) is 12.3 Å². The molecule has 0 spiro atoms. The topological polar surface area (TPSA) is 62.9 Å². The van der Waals surface area contributed by atoms with Crippen LogP contribution in [0, 0.1) is 22.8 Å². The summed E-state index contributed by atoms with van der Waals surface area (Å²) in [6.07, 6.45) is 1.98. The highest BCUT2D eigenvalue weighted by atomic mass is 15.2. The second kappa shape index (κ2) is 3.05. The van der Waals surface area contributed by atoms with Gasteiger partial charge in [0.05, 0.1) is 6.07 Å². The van der Waals surface area contributed by atoms with Crippen LogP contribution in [0.5, 0.6) is 0 Å². The van der Waals surface area contributed by atoms with Gasteiger partial charge in [-0.2, -0.15) is 10.5 Å². The lowest BCUT2D eigenvalue weighted by molar-refractivity contribution is 0.285. The van der Waals surface area contributed by atoms with Crippen LogP contribution in [0.15, 0.2) is 0 Å². The van der Waals surface area contributed by atoms with Gasteiger partial charge in [-0.25, -0.2) is 0 Å². The molecule has 0 aromatic rings. The number of hydrogen-bond donors (Lipinski definition) is 1. The lowest BCUT2D eigenvalue weighted by Crippen LogP contribution is -2.48. The summed E-state index contributed by atoms with van der Waals surface area (Å²) < 4.78 is 0. The van der Waals surface area contributed by atoms with Crippen LogP contribution >= 0.6 is 0 Å². The van der Waals surface area contributed by atoms with Gasteiger partial charge in [-0.05, 0) is 0 Å². The Morgan fingerprint density at radius 1 is 1.50 bits per heavy atom. The third-order valence-electron chi connectivity index (χ3n) is 1.52. The monoisotopic (exact) mass is 136 g/mol. The van der Waals surface area contributed by atoms with E-state index in [0.717, 1.165) is 6.54 Å². The fraction of sp³-hybridized carbons (Fsp3) is 0.667. The van der Waals surface area contributed by atoms with Crippen molar-refractivity contribution >= 4 is 0 Å². The molecule has 0 amide bonds. The molecule has 1 aliphatic heterocycles. The van der Waals surface area contributed by atoms with Crippen LogP contribution in [0.3, 0.4) is 0 Å². The highest BCUT2D eigenvalue weighted by molar-refractivity contribution is 5.00. The molecule has 1 heterocycles. The molecule has 0 aromatic heterocycles. The third kappa shape index (κ3) is 1.18. The molecule has 0 saturated carbocycles. The Kier molecular flexibility index (Phi) is 2.09. The Bertz CT molecular complexity index is 165. The fourth-order valence-corrected chi connectivity index (χ4v) is 0.939. The molecule has 1 unspecified atom stereocenters. The van der Waals surface area contributed by atoms with Gasteiger partial charge in [0.2, 0.25) is 0 Å². The molecule has 52 valence electrons. The Morgan fingerprint density at radius 2 is 2.30 bits per heavy atom. The SMILES string of the molecule is N#CC1CNCCN1C#N. The number of nitrogens with one attached hydrogen (secondary N) is 1. The molecule has 1 saturated heterocycles. The largest absolute Gasteiger partial charge is 0.312 e. The van der Waals surface area contributed by atoms with Gasteiger partial charge in [-0.1, -0.05) is 0 Å². The number of rotatable bonds is 0. The fourth-order valence-electron chi connectivity index (χ4n) is 0.939. The predicted octanol–water partition coefficient (Wildman–Crippen LogP) is -0.735. The molecular formula is C6H8N4. The van der Waals surface area contributed by atoms with Crippen LogP contribution in [-0.2, 0) is 0 Å². The molecule has 4 heteroatoms. The van der Waals surface area contributed by atoms with Crippen molar-refractivity contribution in [3.05, 3.63) is 0 Å². The van der Waals surface area contributed by atoms with Crippen LogP contribution in [-0.4, -0.2) is 30.6 Å². The number of hydrogen-bond acceptors (Lipinski definition) is 4. The van der Waals surface area contributed by atoms with Gasteiger partial charge >= 0.3 is 0 Å². The standard InChI is InChI=1S/C6H8N4/c7-3-6-4-9-1-2-10(6)5-8/h6,9H,1-2,4H2. The second-order valence-electron chi connectivity index (χ2n) is 2.14. The van der Waals surface area contributed by atoms with Crippen molar-refractivity contribution in [2.75, 3.05) is 19.6 Å². The van der Waals surface area contributed by atoms with E-state index in [2.05, 4.69) is 5.32 Å². The first-order valence-corrected chi connectivity index (χ1v) is 3.15. The van der Waals surface area contributed by atoms with Gasteiger partial charge in [-0.3, -0.25) is 4.90 Å². The minimum absolute atomic E-state index is 0.265. The van der Waals surface area contributed by atoms with E-state index in [0.29, 0.717) is 13.1 Å². The van der Waals surface area contributed by atoms with Gasteiger partial charge in [0.15, 0.2) is 6.19 Å². The van der Waals surface area contributed by atoms with Crippen molar-refractivity contribution in [3.63, 3.8) is 0 Å². The number of nitrogens with zero attached hydrogens (tertiary/aromatic N) is 3. The van der Waals surface area contributed by atoms with Crippen molar-refractivity contribution < 1.29 is 0 Å². The van der Waals surface area contributed by atoms with E-state index in [1.165, 1.54) is 4.90 Å².